The standard InChI is InChI=1S/C26H27N3O3/c1-28(2)25(31)19-12-14-21(15-13-19)27-24(30)20-9-6-16-29(17-20)26(32)23-11-5-8-18-7-3-4-10-22(18)23/h3-5,7-8,10-15,20H,6,9,16-17H2,1-2H3,(H,27,30). The number of fused-ring (bicyclic) bond motifs is 1. The summed E-state index contributed by atoms with van der Waals surface area (Å²) in [7, 11) is 3.40. The summed E-state index contributed by atoms with van der Waals surface area (Å²) in [6.07, 6.45) is 1.52. The van der Waals surface area contributed by atoms with Crippen molar-refractivity contribution in [2.45, 2.75) is 12.8 Å². The third-order valence-electron chi connectivity index (χ3n) is 5.91. The summed E-state index contributed by atoms with van der Waals surface area (Å²) in [5.41, 5.74) is 1.88. The molecule has 1 unspecified atom stereocenters. The smallest absolute Gasteiger partial charge is 0.254 e. The van der Waals surface area contributed by atoms with Crippen LogP contribution >= 0.6 is 0 Å². The van der Waals surface area contributed by atoms with Gasteiger partial charge in [-0.15, -0.1) is 0 Å². The fourth-order valence-electron chi connectivity index (χ4n) is 4.16. The molecule has 0 aliphatic carbocycles. The van der Waals surface area contributed by atoms with Gasteiger partial charge in [0.25, 0.3) is 11.8 Å². The van der Waals surface area contributed by atoms with Crippen LogP contribution in [0, 0.1) is 5.92 Å². The first-order chi connectivity index (χ1) is 15.4. The minimum atomic E-state index is -0.272. The molecule has 164 valence electrons. The molecule has 1 aliphatic rings. The van der Waals surface area contributed by atoms with Crippen molar-refractivity contribution >= 4 is 34.2 Å². The number of hydrogen-bond donors (Lipinski definition) is 1. The van der Waals surface area contributed by atoms with Gasteiger partial charge < -0.3 is 15.1 Å². The third kappa shape index (κ3) is 4.49. The number of nitrogens with zero attached hydrogens (tertiary/aromatic N) is 2. The lowest BCUT2D eigenvalue weighted by molar-refractivity contribution is -0.121. The normalized spacial score (nSPS) is 15.9. The minimum Gasteiger partial charge on any atom is -0.345 e. The van der Waals surface area contributed by atoms with Crippen molar-refractivity contribution in [1.82, 2.24) is 9.80 Å². The fraction of sp³-hybridized carbons (Fsp3) is 0.269. The maximum Gasteiger partial charge on any atom is 0.254 e. The molecule has 0 saturated carbocycles. The Morgan fingerprint density at radius 1 is 0.938 bits per heavy atom. The Labute approximate surface area is 187 Å². The molecule has 3 amide bonds. The van der Waals surface area contributed by atoms with Crippen LogP contribution in [-0.4, -0.2) is 54.7 Å². The molecule has 0 aromatic heterocycles. The van der Waals surface area contributed by atoms with E-state index in [0.29, 0.717) is 29.9 Å². The van der Waals surface area contributed by atoms with Gasteiger partial charge in [0.05, 0.1) is 5.92 Å². The van der Waals surface area contributed by atoms with Crippen LogP contribution in [0.5, 0.6) is 0 Å². The van der Waals surface area contributed by atoms with Crippen molar-refractivity contribution < 1.29 is 14.4 Å². The summed E-state index contributed by atoms with van der Waals surface area (Å²) in [5, 5.41) is 4.89. The molecule has 4 rings (SSSR count). The predicted molar refractivity (Wildman–Crippen MR) is 126 cm³/mol. The first kappa shape index (κ1) is 21.6. The molecule has 0 bridgehead atoms. The van der Waals surface area contributed by atoms with E-state index in [1.54, 1.807) is 43.3 Å². The van der Waals surface area contributed by atoms with E-state index >= 15 is 0 Å². The lowest BCUT2D eigenvalue weighted by Crippen LogP contribution is -2.43. The van der Waals surface area contributed by atoms with E-state index in [4.69, 9.17) is 0 Å². The number of carbonyl (C=O) groups is 3. The lowest BCUT2D eigenvalue weighted by Gasteiger charge is -2.32. The maximum absolute atomic E-state index is 13.3. The maximum atomic E-state index is 13.3. The molecule has 6 nitrogen and oxygen atoms in total. The fourth-order valence-corrected chi connectivity index (χ4v) is 4.16. The van der Waals surface area contributed by atoms with Crippen molar-refractivity contribution in [1.29, 1.82) is 0 Å². The van der Waals surface area contributed by atoms with Gasteiger partial charge in [0, 0.05) is 44.0 Å². The molecule has 3 aromatic rings. The van der Waals surface area contributed by atoms with Crippen LogP contribution in [-0.2, 0) is 4.79 Å². The highest BCUT2D eigenvalue weighted by Crippen LogP contribution is 2.24. The lowest BCUT2D eigenvalue weighted by atomic mass is 9.95. The van der Waals surface area contributed by atoms with E-state index in [-0.39, 0.29) is 23.6 Å². The highest BCUT2D eigenvalue weighted by Gasteiger charge is 2.29. The number of amides is 3. The Morgan fingerprint density at radius 2 is 1.66 bits per heavy atom. The Hall–Kier alpha value is -3.67. The predicted octanol–water partition coefficient (Wildman–Crippen LogP) is 4.03. The first-order valence-electron chi connectivity index (χ1n) is 10.8. The SMILES string of the molecule is CN(C)C(=O)c1ccc(NC(=O)C2CCCN(C(=O)c3cccc4ccccc34)C2)cc1. The number of carbonyl (C=O) groups excluding carboxylic acids is 3. The van der Waals surface area contributed by atoms with Crippen LogP contribution in [0.2, 0.25) is 0 Å². The summed E-state index contributed by atoms with van der Waals surface area (Å²) in [6, 6.07) is 20.5. The van der Waals surface area contributed by atoms with Gasteiger partial charge in [-0.05, 0) is 53.9 Å². The zero-order valence-corrected chi connectivity index (χ0v) is 18.4. The topological polar surface area (TPSA) is 69.7 Å². The number of piperidine rings is 1. The molecule has 1 atom stereocenters. The van der Waals surface area contributed by atoms with Crippen LogP contribution in [0.15, 0.2) is 66.7 Å². The summed E-state index contributed by atoms with van der Waals surface area (Å²) in [4.78, 5) is 41.5. The van der Waals surface area contributed by atoms with Crippen LogP contribution in [0.1, 0.15) is 33.6 Å². The van der Waals surface area contributed by atoms with Gasteiger partial charge in [-0.3, -0.25) is 14.4 Å². The molecule has 1 fully saturated rings. The van der Waals surface area contributed by atoms with Crippen molar-refractivity contribution in [2.24, 2.45) is 5.92 Å². The summed E-state index contributed by atoms with van der Waals surface area (Å²) >= 11 is 0. The second kappa shape index (κ2) is 9.22. The molecule has 1 N–H and O–H groups in total. The van der Waals surface area contributed by atoms with Crippen LogP contribution in [0.25, 0.3) is 10.8 Å². The monoisotopic (exact) mass is 429 g/mol. The number of anilines is 1. The van der Waals surface area contributed by atoms with Gasteiger partial charge in [-0.2, -0.15) is 0 Å². The van der Waals surface area contributed by atoms with Crippen LogP contribution < -0.4 is 5.32 Å². The Balaban J connectivity index is 1.44. The van der Waals surface area contributed by atoms with Crippen molar-refractivity contribution in [3.05, 3.63) is 77.9 Å². The van der Waals surface area contributed by atoms with Crippen molar-refractivity contribution in [3.8, 4) is 0 Å². The number of likely N-dealkylation sites (tertiary alicyclic amines) is 1. The minimum absolute atomic E-state index is 0.0362. The quantitative estimate of drug-likeness (QED) is 0.681. The summed E-state index contributed by atoms with van der Waals surface area (Å²) < 4.78 is 0. The largest absolute Gasteiger partial charge is 0.345 e. The van der Waals surface area contributed by atoms with Crippen LogP contribution in [0.3, 0.4) is 0 Å². The molecule has 6 heteroatoms. The van der Waals surface area contributed by atoms with E-state index in [9.17, 15) is 14.4 Å². The number of nitrogens with one attached hydrogen (secondary N) is 1. The molecule has 0 spiro atoms. The van der Waals surface area contributed by atoms with Crippen molar-refractivity contribution in [2.75, 3.05) is 32.5 Å². The van der Waals surface area contributed by atoms with E-state index in [1.807, 2.05) is 42.5 Å². The van der Waals surface area contributed by atoms with E-state index in [1.165, 1.54) is 4.90 Å². The Kier molecular flexibility index (Phi) is 6.21. The number of rotatable bonds is 4. The second-order valence-corrected chi connectivity index (χ2v) is 8.38. The summed E-state index contributed by atoms with van der Waals surface area (Å²) in [6.45, 7) is 1.04. The number of hydrogen-bond acceptors (Lipinski definition) is 3. The molecule has 32 heavy (non-hydrogen) atoms. The molecule has 1 saturated heterocycles. The average Bonchev–Trinajstić information content (AvgIpc) is 2.83. The van der Waals surface area contributed by atoms with Gasteiger partial charge in [-0.25, -0.2) is 0 Å². The van der Waals surface area contributed by atoms with Crippen LogP contribution in [0.4, 0.5) is 5.69 Å². The Morgan fingerprint density at radius 3 is 2.41 bits per heavy atom. The molecular weight excluding hydrogens is 402 g/mol. The average molecular weight is 430 g/mol. The first-order valence-corrected chi connectivity index (χ1v) is 10.8. The van der Waals surface area contributed by atoms with Gasteiger partial charge in [-0.1, -0.05) is 36.4 Å². The highest BCUT2D eigenvalue weighted by molar-refractivity contribution is 6.07. The van der Waals surface area contributed by atoms with Gasteiger partial charge in [0.1, 0.15) is 0 Å². The number of benzene rings is 3. The van der Waals surface area contributed by atoms with E-state index < -0.39 is 0 Å². The molecule has 1 aliphatic heterocycles. The molecular formula is C26H27N3O3. The van der Waals surface area contributed by atoms with E-state index in [0.717, 1.165) is 23.6 Å². The zero-order chi connectivity index (χ0) is 22.7. The molecule has 3 aromatic carbocycles. The van der Waals surface area contributed by atoms with Crippen molar-refractivity contribution in [3.63, 3.8) is 0 Å². The molecule has 1 heterocycles. The van der Waals surface area contributed by atoms with E-state index in [2.05, 4.69) is 5.32 Å². The second-order valence-electron chi connectivity index (χ2n) is 8.38. The highest BCUT2D eigenvalue weighted by atomic mass is 16.2. The van der Waals surface area contributed by atoms with Gasteiger partial charge >= 0.3 is 0 Å². The Bertz CT molecular complexity index is 1150. The molecule has 0 radical (unpaired) electrons. The van der Waals surface area contributed by atoms with Gasteiger partial charge in [0.15, 0.2) is 0 Å². The zero-order valence-electron chi connectivity index (χ0n) is 18.4. The summed E-state index contributed by atoms with van der Waals surface area (Å²) in [5.74, 6) is -0.499. The van der Waals surface area contributed by atoms with Gasteiger partial charge in [0.2, 0.25) is 5.91 Å². The third-order valence-corrected chi connectivity index (χ3v) is 5.91.